The molecule has 0 saturated heterocycles. The monoisotopic (exact) mass is 506 g/mol. The van der Waals surface area contributed by atoms with Crippen LogP contribution in [0.15, 0.2) is 70.9 Å². The smallest absolute Gasteiger partial charge is 0.271 e. The lowest BCUT2D eigenvalue weighted by Crippen LogP contribution is -2.19. The number of carbonyl (C=O) groups is 1. The number of benzene rings is 3. The highest BCUT2D eigenvalue weighted by Gasteiger charge is 2.08. The summed E-state index contributed by atoms with van der Waals surface area (Å²) < 4.78 is 0. The van der Waals surface area contributed by atoms with Gasteiger partial charge in [0.2, 0.25) is 0 Å². The van der Waals surface area contributed by atoms with Gasteiger partial charge in [0.15, 0.2) is 0 Å². The molecule has 3 aromatic rings. The van der Waals surface area contributed by atoms with Crippen molar-refractivity contribution < 1.29 is 4.79 Å². The molecule has 0 aliphatic carbocycles. The standard InChI is InChI=1S/C23H18Cl4N4O/c1-13(19-11-16(24)5-9-21(19)26)28-30-18-7-3-15(4-8-18)23(32)31-29-14(2)20-12-17(25)6-10-22(20)27/h3-12,30H,1-2H3,(H,31,32)/b28-13-,29-14-. The lowest BCUT2D eigenvalue weighted by molar-refractivity contribution is 0.0955. The fourth-order valence-corrected chi connectivity index (χ4v) is 3.57. The topological polar surface area (TPSA) is 65.8 Å². The molecule has 3 aromatic carbocycles. The summed E-state index contributed by atoms with van der Waals surface area (Å²) in [7, 11) is 0. The number of nitrogens with one attached hydrogen (secondary N) is 2. The van der Waals surface area contributed by atoms with E-state index in [1.807, 2.05) is 6.92 Å². The Kier molecular flexibility index (Phi) is 8.15. The molecule has 0 aliphatic rings. The average Bonchev–Trinajstić information content (AvgIpc) is 2.79. The van der Waals surface area contributed by atoms with Crippen LogP contribution in [-0.2, 0) is 0 Å². The van der Waals surface area contributed by atoms with Gasteiger partial charge in [0.05, 0.1) is 17.1 Å². The van der Waals surface area contributed by atoms with Gasteiger partial charge in [-0.05, 0) is 74.5 Å². The molecule has 0 aromatic heterocycles. The van der Waals surface area contributed by atoms with Gasteiger partial charge in [-0.15, -0.1) is 0 Å². The van der Waals surface area contributed by atoms with Crippen molar-refractivity contribution in [1.29, 1.82) is 0 Å². The van der Waals surface area contributed by atoms with Crippen molar-refractivity contribution in [3.05, 3.63) is 97.4 Å². The molecule has 0 heterocycles. The third-order valence-electron chi connectivity index (χ3n) is 4.46. The second-order valence-corrected chi connectivity index (χ2v) is 8.46. The molecular formula is C23H18Cl4N4O. The highest BCUT2D eigenvalue weighted by molar-refractivity contribution is 6.36. The fraction of sp³-hybridized carbons (Fsp3) is 0.0870. The third-order valence-corrected chi connectivity index (χ3v) is 5.59. The number of hydrazone groups is 2. The number of hydrogen-bond acceptors (Lipinski definition) is 4. The quantitative estimate of drug-likeness (QED) is 0.271. The predicted octanol–water partition coefficient (Wildman–Crippen LogP) is 7.29. The largest absolute Gasteiger partial charge is 0.278 e. The number of anilines is 1. The van der Waals surface area contributed by atoms with Crippen molar-refractivity contribution in [3.63, 3.8) is 0 Å². The number of hydrogen-bond donors (Lipinski definition) is 2. The van der Waals surface area contributed by atoms with Crippen LogP contribution < -0.4 is 10.9 Å². The Hall–Kier alpha value is -2.57. The number of rotatable bonds is 6. The zero-order valence-electron chi connectivity index (χ0n) is 17.1. The van der Waals surface area contributed by atoms with Crippen LogP contribution in [-0.4, -0.2) is 17.3 Å². The van der Waals surface area contributed by atoms with E-state index in [4.69, 9.17) is 46.4 Å². The van der Waals surface area contributed by atoms with Gasteiger partial charge in [-0.25, -0.2) is 5.43 Å². The van der Waals surface area contributed by atoms with Crippen LogP contribution in [0.3, 0.4) is 0 Å². The van der Waals surface area contributed by atoms with Gasteiger partial charge in [-0.3, -0.25) is 10.2 Å². The van der Waals surface area contributed by atoms with E-state index in [2.05, 4.69) is 21.1 Å². The molecule has 0 aliphatic heterocycles. The molecule has 164 valence electrons. The van der Waals surface area contributed by atoms with E-state index in [-0.39, 0.29) is 5.91 Å². The molecule has 0 fully saturated rings. The van der Waals surface area contributed by atoms with Gasteiger partial charge in [-0.2, -0.15) is 10.2 Å². The summed E-state index contributed by atoms with van der Waals surface area (Å²) in [6.45, 7) is 3.55. The van der Waals surface area contributed by atoms with E-state index in [9.17, 15) is 4.79 Å². The van der Waals surface area contributed by atoms with Gasteiger partial charge >= 0.3 is 0 Å². The van der Waals surface area contributed by atoms with E-state index >= 15 is 0 Å². The Bertz CT molecular complexity index is 1210. The fourth-order valence-electron chi connectivity index (χ4n) is 2.71. The summed E-state index contributed by atoms with van der Waals surface area (Å²) in [4.78, 5) is 12.4. The summed E-state index contributed by atoms with van der Waals surface area (Å²) in [6.07, 6.45) is 0. The molecule has 0 radical (unpaired) electrons. The van der Waals surface area contributed by atoms with Crippen molar-refractivity contribution in [3.8, 4) is 0 Å². The van der Waals surface area contributed by atoms with Crippen molar-refractivity contribution in [2.24, 2.45) is 10.2 Å². The number of nitrogens with zero attached hydrogens (tertiary/aromatic N) is 2. The highest BCUT2D eigenvalue weighted by atomic mass is 35.5. The maximum atomic E-state index is 12.4. The molecule has 5 nitrogen and oxygen atoms in total. The first kappa shape index (κ1) is 24.1. The Morgan fingerprint density at radius 2 is 1.22 bits per heavy atom. The van der Waals surface area contributed by atoms with Crippen LogP contribution in [0.5, 0.6) is 0 Å². The van der Waals surface area contributed by atoms with Crippen LogP contribution >= 0.6 is 46.4 Å². The molecule has 0 atom stereocenters. The summed E-state index contributed by atoms with van der Waals surface area (Å²) in [5, 5.41) is 10.6. The minimum Gasteiger partial charge on any atom is -0.278 e. The Balaban J connectivity index is 1.65. The van der Waals surface area contributed by atoms with E-state index in [1.165, 1.54) is 0 Å². The minimum absolute atomic E-state index is 0.362. The number of amides is 1. The van der Waals surface area contributed by atoms with Crippen molar-refractivity contribution >= 4 is 69.4 Å². The lowest BCUT2D eigenvalue weighted by atomic mass is 10.1. The van der Waals surface area contributed by atoms with Crippen LogP contribution in [0.4, 0.5) is 5.69 Å². The molecule has 32 heavy (non-hydrogen) atoms. The van der Waals surface area contributed by atoms with Crippen molar-refractivity contribution in [2.75, 3.05) is 5.43 Å². The first-order chi connectivity index (χ1) is 15.2. The molecule has 1 amide bonds. The van der Waals surface area contributed by atoms with E-state index in [0.717, 1.165) is 5.56 Å². The number of carbonyl (C=O) groups excluding carboxylic acids is 1. The van der Waals surface area contributed by atoms with E-state index in [1.54, 1.807) is 67.6 Å². The van der Waals surface area contributed by atoms with E-state index in [0.29, 0.717) is 48.3 Å². The number of halogens is 4. The van der Waals surface area contributed by atoms with Crippen LogP contribution in [0.1, 0.15) is 35.3 Å². The van der Waals surface area contributed by atoms with Gasteiger partial charge < -0.3 is 0 Å². The molecule has 0 spiro atoms. The molecular weight excluding hydrogens is 490 g/mol. The third kappa shape index (κ3) is 6.24. The Morgan fingerprint density at radius 3 is 1.75 bits per heavy atom. The second-order valence-electron chi connectivity index (χ2n) is 6.77. The Morgan fingerprint density at radius 1 is 0.719 bits per heavy atom. The maximum Gasteiger partial charge on any atom is 0.271 e. The zero-order chi connectivity index (χ0) is 23.3. The van der Waals surface area contributed by atoms with Crippen LogP contribution in [0.25, 0.3) is 0 Å². The molecule has 9 heteroatoms. The lowest BCUT2D eigenvalue weighted by Gasteiger charge is -2.07. The first-order valence-electron chi connectivity index (χ1n) is 9.40. The molecule has 0 unspecified atom stereocenters. The van der Waals surface area contributed by atoms with E-state index < -0.39 is 0 Å². The Labute approximate surface area is 206 Å². The summed E-state index contributed by atoms with van der Waals surface area (Å²) in [5.74, 6) is -0.362. The van der Waals surface area contributed by atoms with Crippen molar-refractivity contribution in [1.82, 2.24) is 5.43 Å². The highest BCUT2D eigenvalue weighted by Crippen LogP contribution is 2.22. The molecule has 0 saturated carbocycles. The molecule has 2 N–H and O–H groups in total. The maximum absolute atomic E-state index is 12.4. The summed E-state index contributed by atoms with van der Waals surface area (Å²) in [5.41, 5.74) is 9.17. The average molecular weight is 508 g/mol. The zero-order valence-corrected chi connectivity index (χ0v) is 20.1. The van der Waals surface area contributed by atoms with Gasteiger partial charge in [-0.1, -0.05) is 46.4 Å². The van der Waals surface area contributed by atoms with Gasteiger partial charge in [0.25, 0.3) is 5.91 Å². The first-order valence-corrected chi connectivity index (χ1v) is 10.9. The van der Waals surface area contributed by atoms with Gasteiger partial charge in [0, 0.05) is 36.8 Å². The van der Waals surface area contributed by atoms with Gasteiger partial charge in [0.1, 0.15) is 0 Å². The normalized spacial score (nSPS) is 11.9. The summed E-state index contributed by atoms with van der Waals surface area (Å²) in [6, 6.07) is 17.0. The van der Waals surface area contributed by atoms with Crippen molar-refractivity contribution in [2.45, 2.75) is 13.8 Å². The molecule has 3 rings (SSSR count). The second kappa shape index (κ2) is 10.8. The SMILES string of the molecule is C/C(=N/NC(=O)c1ccc(N/N=C(/C)c2cc(Cl)ccc2Cl)cc1)c1cc(Cl)ccc1Cl. The molecule has 0 bridgehead atoms. The van der Waals surface area contributed by atoms with Crippen LogP contribution in [0, 0.1) is 0 Å². The predicted molar refractivity (Wildman–Crippen MR) is 135 cm³/mol. The van der Waals surface area contributed by atoms with Crippen LogP contribution in [0.2, 0.25) is 20.1 Å². The minimum atomic E-state index is -0.362. The summed E-state index contributed by atoms with van der Waals surface area (Å²) >= 11 is 24.4.